The summed E-state index contributed by atoms with van der Waals surface area (Å²) in [6.07, 6.45) is 1.94. The Hall–Kier alpha value is -0.670. The lowest BCUT2D eigenvalue weighted by atomic mass is 10.1. The molecule has 1 heterocycles. The highest BCUT2D eigenvalue weighted by molar-refractivity contribution is 7.55. The molecule has 0 spiro atoms. The van der Waals surface area contributed by atoms with E-state index >= 15 is 0 Å². The lowest BCUT2D eigenvalue weighted by Gasteiger charge is -2.15. The monoisotopic (exact) mass is 283 g/mol. The van der Waals surface area contributed by atoms with Crippen LogP contribution in [0.2, 0.25) is 0 Å². The average molecular weight is 283 g/mol. The number of nitrogens with one attached hydrogen (secondary N) is 1. The number of rotatable bonds is 8. The first-order chi connectivity index (χ1) is 9.19. The molecular formula is C14H22NO3P. The van der Waals surface area contributed by atoms with E-state index in [2.05, 4.69) is 17.4 Å². The van der Waals surface area contributed by atoms with Crippen LogP contribution in [-0.4, -0.2) is 25.0 Å². The molecule has 1 N–H and O–H groups in total. The molecule has 0 bridgehead atoms. The lowest BCUT2D eigenvalue weighted by molar-refractivity contribution is 0.218. The van der Waals surface area contributed by atoms with Gasteiger partial charge in [0.2, 0.25) is 0 Å². The standard InChI is InChI=1S/C14H22NO3P/c1-3-17-19(16,18-4-2)14-13(15-14)11-10-12-8-6-5-7-9-12/h5-9,13-15H,3-4,10-11H2,1-2H3/t13-,14-/m1/s1. The maximum absolute atomic E-state index is 12.5. The van der Waals surface area contributed by atoms with Gasteiger partial charge in [0.1, 0.15) is 5.78 Å². The van der Waals surface area contributed by atoms with E-state index in [1.165, 1.54) is 5.56 Å². The van der Waals surface area contributed by atoms with Gasteiger partial charge < -0.3 is 9.05 Å². The fourth-order valence-corrected chi connectivity index (χ4v) is 4.32. The zero-order valence-electron chi connectivity index (χ0n) is 11.5. The predicted molar refractivity (Wildman–Crippen MR) is 76.3 cm³/mol. The van der Waals surface area contributed by atoms with Crippen LogP contribution in [0.4, 0.5) is 0 Å². The molecule has 1 aliphatic heterocycles. The molecule has 1 aliphatic rings. The topological polar surface area (TPSA) is 57.5 Å². The Balaban J connectivity index is 1.84. The van der Waals surface area contributed by atoms with Gasteiger partial charge in [-0.2, -0.15) is 0 Å². The molecule has 2 rings (SSSR count). The fourth-order valence-electron chi connectivity index (χ4n) is 2.24. The van der Waals surface area contributed by atoms with Gasteiger partial charge in [0.15, 0.2) is 0 Å². The molecule has 19 heavy (non-hydrogen) atoms. The van der Waals surface area contributed by atoms with Gasteiger partial charge in [-0.1, -0.05) is 30.3 Å². The van der Waals surface area contributed by atoms with E-state index in [1.54, 1.807) is 0 Å². The predicted octanol–water partition coefficient (Wildman–Crippen LogP) is 3.18. The Morgan fingerprint density at radius 3 is 2.37 bits per heavy atom. The first-order valence-electron chi connectivity index (χ1n) is 6.88. The van der Waals surface area contributed by atoms with Crippen molar-refractivity contribution in [2.45, 2.75) is 38.5 Å². The van der Waals surface area contributed by atoms with Crippen molar-refractivity contribution in [1.82, 2.24) is 5.32 Å². The zero-order chi connectivity index (χ0) is 13.7. The van der Waals surface area contributed by atoms with E-state index in [-0.39, 0.29) is 11.8 Å². The normalized spacial score (nSPS) is 22.4. The first-order valence-corrected chi connectivity index (χ1v) is 8.49. The molecule has 1 saturated heterocycles. The van der Waals surface area contributed by atoms with E-state index in [4.69, 9.17) is 9.05 Å². The molecule has 1 aromatic rings. The van der Waals surface area contributed by atoms with Crippen molar-refractivity contribution in [3.05, 3.63) is 35.9 Å². The maximum atomic E-state index is 12.5. The van der Waals surface area contributed by atoms with Crippen LogP contribution in [0, 0.1) is 0 Å². The van der Waals surface area contributed by atoms with Crippen LogP contribution in [0.5, 0.6) is 0 Å². The average Bonchev–Trinajstić information content (AvgIpc) is 3.18. The molecule has 5 heteroatoms. The third-order valence-corrected chi connectivity index (χ3v) is 5.63. The van der Waals surface area contributed by atoms with E-state index in [1.807, 2.05) is 32.0 Å². The number of aryl methyl sites for hydroxylation is 1. The fraction of sp³-hybridized carbons (Fsp3) is 0.571. The molecular weight excluding hydrogens is 261 g/mol. The summed E-state index contributed by atoms with van der Waals surface area (Å²) in [5, 5.41) is 3.24. The number of hydrogen-bond acceptors (Lipinski definition) is 4. The Morgan fingerprint density at radius 1 is 1.16 bits per heavy atom. The molecule has 0 radical (unpaired) electrons. The van der Waals surface area contributed by atoms with Crippen molar-refractivity contribution in [3.8, 4) is 0 Å². The third-order valence-electron chi connectivity index (χ3n) is 3.20. The number of benzene rings is 1. The van der Waals surface area contributed by atoms with E-state index in [9.17, 15) is 4.57 Å². The summed E-state index contributed by atoms with van der Waals surface area (Å²) in [4.78, 5) is 0. The van der Waals surface area contributed by atoms with Crippen molar-refractivity contribution in [2.24, 2.45) is 0 Å². The molecule has 4 nitrogen and oxygen atoms in total. The van der Waals surface area contributed by atoms with E-state index < -0.39 is 7.60 Å². The van der Waals surface area contributed by atoms with Crippen molar-refractivity contribution in [3.63, 3.8) is 0 Å². The first kappa shape index (κ1) is 14.7. The van der Waals surface area contributed by atoms with Crippen molar-refractivity contribution in [1.29, 1.82) is 0 Å². The van der Waals surface area contributed by atoms with Crippen LogP contribution in [0.3, 0.4) is 0 Å². The molecule has 0 unspecified atom stereocenters. The third kappa shape index (κ3) is 3.90. The van der Waals surface area contributed by atoms with Gasteiger partial charge in [-0.05, 0) is 32.3 Å². The Kier molecular flexibility index (Phi) is 5.17. The van der Waals surface area contributed by atoms with Gasteiger partial charge >= 0.3 is 7.60 Å². The Bertz CT molecular complexity index is 428. The summed E-state index contributed by atoms with van der Waals surface area (Å²) >= 11 is 0. The van der Waals surface area contributed by atoms with Gasteiger partial charge in [0, 0.05) is 6.04 Å². The molecule has 0 aliphatic carbocycles. The van der Waals surface area contributed by atoms with Gasteiger partial charge in [0.25, 0.3) is 0 Å². The minimum atomic E-state index is -2.97. The largest absolute Gasteiger partial charge is 0.349 e. The highest BCUT2D eigenvalue weighted by atomic mass is 31.2. The van der Waals surface area contributed by atoms with E-state index in [0.717, 1.165) is 12.8 Å². The second-order valence-corrected chi connectivity index (χ2v) is 6.77. The molecule has 106 valence electrons. The van der Waals surface area contributed by atoms with Crippen LogP contribution in [0.15, 0.2) is 30.3 Å². The molecule has 0 amide bonds. The Morgan fingerprint density at radius 2 is 1.79 bits per heavy atom. The van der Waals surface area contributed by atoms with Crippen LogP contribution >= 0.6 is 7.60 Å². The minimum absolute atomic E-state index is 0.129. The SMILES string of the molecule is CCOP(=O)(OCC)[C@H]1N[C@@H]1CCc1ccccc1. The summed E-state index contributed by atoms with van der Waals surface area (Å²) in [6.45, 7) is 4.52. The summed E-state index contributed by atoms with van der Waals surface area (Å²) in [5.74, 6) is -0.129. The van der Waals surface area contributed by atoms with Crippen molar-refractivity contribution >= 4 is 7.60 Å². The van der Waals surface area contributed by atoms with E-state index in [0.29, 0.717) is 13.2 Å². The van der Waals surface area contributed by atoms with Crippen LogP contribution in [0.25, 0.3) is 0 Å². The van der Waals surface area contributed by atoms with Crippen molar-refractivity contribution < 1.29 is 13.6 Å². The summed E-state index contributed by atoms with van der Waals surface area (Å²) < 4.78 is 23.2. The molecule has 1 fully saturated rings. The number of hydrogen-bond donors (Lipinski definition) is 1. The molecule has 0 saturated carbocycles. The Labute approximate surface area is 115 Å². The summed E-state index contributed by atoms with van der Waals surface area (Å²) in [5.41, 5.74) is 1.30. The van der Waals surface area contributed by atoms with Crippen molar-refractivity contribution in [2.75, 3.05) is 13.2 Å². The van der Waals surface area contributed by atoms with Gasteiger partial charge in [0.05, 0.1) is 13.2 Å². The lowest BCUT2D eigenvalue weighted by Crippen LogP contribution is -2.05. The maximum Gasteiger partial charge on any atom is 0.349 e. The van der Waals surface area contributed by atoms with Crippen LogP contribution in [-0.2, 0) is 20.0 Å². The van der Waals surface area contributed by atoms with Crippen LogP contribution < -0.4 is 5.32 Å². The quantitative estimate of drug-likeness (QED) is 0.588. The molecule has 1 aromatic carbocycles. The molecule has 2 atom stereocenters. The minimum Gasteiger partial charge on any atom is -0.308 e. The summed E-state index contributed by atoms with van der Waals surface area (Å²) in [6, 6.07) is 10.6. The highest BCUT2D eigenvalue weighted by Gasteiger charge is 2.51. The highest BCUT2D eigenvalue weighted by Crippen LogP contribution is 2.58. The van der Waals surface area contributed by atoms with Gasteiger partial charge in [-0.25, -0.2) is 0 Å². The molecule has 0 aromatic heterocycles. The summed E-state index contributed by atoms with van der Waals surface area (Å²) in [7, 11) is -2.97. The second-order valence-electron chi connectivity index (χ2n) is 4.62. The van der Waals surface area contributed by atoms with Gasteiger partial charge in [-0.15, -0.1) is 0 Å². The van der Waals surface area contributed by atoms with Gasteiger partial charge in [-0.3, -0.25) is 9.88 Å². The smallest absolute Gasteiger partial charge is 0.308 e. The second kappa shape index (κ2) is 6.67. The van der Waals surface area contributed by atoms with Crippen LogP contribution in [0.1, 0.15) is 25.8 Å². The zero-order valence-corrected chi connectivity index (χ0v) is 12.4.